The molecule has 110 valence electrons. The molecule has 1 aromatic carbocycles. The Hall–Kier alpha value is -2.28. The molecule has 0 fully saturated rings. The highest BCUT2D eigenvalue weighted by molar-refractivity contribution is 6.00. The summed E-state index contributed by atoms with van der Waals surface area (Å²) in [5, 5.41) is 5.63. The van der Waals surface area contributed by atoms with Crippen LogP contribution >= 0.6 is 0 Å². The molecule has 0 saturated carbocycles. The highest BCUT2D eigenvalue weighted by atomic mass is 16.5. The third-order valence-electron chi connectivity index (χ3n) is 2.68. The van der Waals surface area contributed by atoms with Crippen LogP contribution in [0, 0.1) is 0 Å². The first-order chi connectivity index (χ1) is 9.45. The maximum atomic E-state index is 11.8. The van der Waals surface area contributed by atoms with Gasteiger partial charge in [-0.2, -0.15) is 0 Å². The molecule has 0 aliphatic carbocycles. The first-order valence-electron chi connectivity index (χ1n) is 6.18. The second-order valence-electron chi connectivity index (χ2n) is 4.32. The van der Waals surface area contributed by atoms with Crippen molar-refractivity contribution in [1.29, 1.82) is 0 Å². The SMILES string of the molecule is COCCNC(=O)C(C)Nc1ccc(N)cc1C(N)=O. The molecule has 0 saturated heterocycles. The molecular weight excluding hydrogens is 260 g/mol. The summed E-state index contributed by atoms with van der Waals surface area (Å²) in [6, 6.07) is 4.20. The lowest BCUT2D eigenvalue weighted by molar-refractivity contribution is -0.121. The normalized spacial score (nSPS) is 11.7. The summed E-state index contributed by atoms with van der Waals surface area (Å²) < 4.78 is 4.84. The van der Waals surface area contributed by atoms with Crippen LogP contribution in [0.3, 0.4) is 0 Å². The van der Waals surface area contributed by atoms with Crippen molar-refractivity contribution in [3.8, 4) is 0 Å². The number of benzene rings is 1. The number of primary amides is 1. The van der Waals surface area contributed by atoms with Crippen molar-refractivity contribution in [1.82, 2.24) is 5.32 Å². The van der Waals surface area contributed by atoms with E-state index < -0.39 is 11.9 Å². The van der Waals surface area contributed by atoms with E-state index in [1.807, 2.05) is 0 Å². The van der Waals surface area contributed by atoms with Crippen molar-refractivity contribution in [2.45, 2.75) is 13.0 Å². The molecule has 0 aromatic heterocycles. The smallest absolute Gasteiger partial charge is 0.250 e. The third kappa shape index (κ3) is 4.43. The Morgan fingerprint density at radius 3 is 2.70 bits per heavy atom. The zero-order valence-electron chi connectivity index (χ0n) is 11.6. The Bertz CT molecular complexity index is 491. The van der Waals surface area contributed by atoms with E-state index in [1.54, 1.807) is 26.2 Å². The van der Waals surface area contributed by atoms with E-state index in [1.165, 1.54) is 6.07 Å². The van der Waals surface area contributed by atoms with Crippen molar-refractivity contribution >= 4 is 23.2 Å². The van der Waals surface area contributed by atoms with Crippen LogP contribution in [0.5, 0.6) is 0 Å². The average molecular weight is 280 g/mol. The number of nitrogens with two attached hydrogens (primary N) is 2. The van der Waals surface area contributed by atoms with E-state index in [2.05, 4.69) is 10.6 Å². The maximum Gasteiger partial charge on any atom is 0.250 e. The fourth-order valence-corrected chi connectivity index (χ4v) is 1.62. The zero-order valence-corrected chi connectivity index (χ0v) is 11.6. The van der Waals surface area contributed by atoms with Gasteiger partial charge in [-0.1, -0.05) is 0 Å². The fraction of sp³-hybridized carbons (Fsp3) is 0.385. The van der Waals surface area contributed by atoms with Crippen LogP contribution < -0.4 is 22.1 Å². The number of rotatable bonds is 7. The van der Waals surface area contributed by atoms with E-state index in [0.717, 1.165) is 0 Å². The van der Waals surface area contributed by atoms with Gasteiger partial charge in [0.25, 0.3) is 5.91 Å². The monoisotopic (exact) mass is 280 g/mol. The molecule has 0 radical (unpaired) electrons. The van der Waals surface area contributed by atoms with Crippen molar-refractivity contribution in [2.75, 3.05) is 31.3 Å². The Labute approximate surface area is 117 Å². The standard InChI is InChI=1S/C13H20N4O3/c1-8(13(19)16-5-6-20-2)17-11-4-3-9(14)7-10(11)12(15)18/h3-4,7-8,17H,5-6,14H2,1-2H3,(H2,15,18)(H,16,19). The molecule has 7 nitrogen and oxygen atoms in total. The quantitative estimate of drug-likeness (QED) is 0.412. The lowest BCUT2D eigenvalue weighted by Crippen LogP contribution is -2.39. The Balaban J connectivity index is 2.72. The molecule has 0 bridgehead atoms. The van der Waals surface area contributed by atoms with Crippen LogP contribution in [0.25, 0.3) is 0 Å². The van der Waals surface area contributed by atoms with E-state index in [0.29, 0.717) is 24.5 Å². The number of ether oxygens (including phenoxy) is 1. The molecule has 2 amide bonds. The molecule has 0 aliphatic heterocycles. The first kappa shape index (κ1) is 15.8. The van der Waals surface area contributed by atoms with Gasteiger partial charge in [0, 0.05) is 25.0 Å². The van der Waals surface area contributed by atoms with Gasteiger partial charge in [-0.3, -0.25) is 9.59 Å². The molecule has 0 spiro atoms. The van der Waals surface area contributed by atoms with Crippen LogP contribution in [0.4, 0.5) is 11.4 Å². The minimum Gasteiger partial charge on any atom is -0.399 e. The van der Waals surface area contributed by atoms with E-state index in [-0.39, 0.29) is 11.5 Å². The summed E-state index contributed by atoms with van der Waals surface area (Å²) in [6.45, 7) is 2.54. The van der Waals surface area contributed by atoms with Crippen molar-refractivity contribution in [2.24, 2.45) is 5.73 Å². The minimum atomic E-state index is -0.605. The van der Waals surface area contributed by atoms with Gasteiger partial charge >= 0.3 is 0 Å². The fourth-order valence-electron chi connectivity index (χ4n) is 1.62. The summed E-state index contributed by atoms with van der Waals surface area (Å²) in [5.74, 6) is -0.805. The van der Waals surface area contributed by atoms with Gasteiger partial charge in [0.05, 0.1) is 12.2 Å². The third-order valence-corrected chi connectivity index (χ3v) is 2.68. The number of amides is 2. The van der Waals surface area contributed by atoms with Gasteiger partial charge in [0.15, 0.2) is 0 Å². The highest BCUT2D eigenvalue weighted by Crippen LogP contribution is 2.19. The van der Waals surface area contributed by atoms with Crippen LogP contribution in [0.1, 0.15) is 17.3 Å². The number of nitrogens with one attached hydrogen (secondary N) is 2. The molecule has 0 heterocycles. The molecule has 1 atom stereocenters. The molecular formula is C13H20N4O3. The first-order valence-corrected chi connectivity index (χ1v) is 6.18. The van der Waals surface area contributed by atoms with Crippen LogP contribution in [-0.4, -0.2) is 38.1 Å². The lowest BCUT2D eigenvalue weighted by atomic mass is 10.1. The number of nitrogen functional groups attached to an aromatic ring is 1. The van der Waals surface area contributed by atoms with Gasteiger partial charge < -0.3 is 26.8 Å². The molecule has 1 rings (SSSR count). The number of hydrogen-bond acceptors (Lipinski definition) is 5. The molecule has 20 heavy (non-hydrogen) atoms. The van der Waals surface area contributed by atoms with E-state index in [4.69, 9.17) is 16.2 Å². The van der Waals surface area contributed by atoms with E-state index >= 15 is 0 Å². The Kier molecular flexibility index (Phi) is 5.79. The molecule has 7 heteroatoms. The van der Waals surface area contributed by atoms with Crippen LogP contribution in [-0.2, 0) is 9.53 Å². The predicted octanol–water partition coefficient (Wildman–Crippen LogP) is -0.0693. The van der Waals surface area contributed by atoms with Gasteiger partial charge in [0.2, 0.25) is 5.91 Å². The van der Waals surface area contributed by atoms with Crippen molar-refractivity contribution < 1.29 is 14.3 Å². The average Bonchev–Trinajstić information content (AvgIpc) is 2.40. The second-order valence-corrected chi connectivity index (χ2v) is 4.32. The number of carbonyl (C=O) groups excluding carboxylic acids is 2. The van der Waals surface area contributed by atoms with Gasteiger partial charge in [-0.05, 0) is 25.1 Å². The summed E-state index contributed by atoms with van der Waals surface area (Å²) in [7, 11) is 1.56. The number of carbonyl (C=O) groups is 2. The topological polar surface area (TPSA) is 119 Å². The highest BCUT2D eigenvalue weighted by Gasteiger charge is 2.15. The van der Waals surface area contributed by atoms with Crippen molar-refractivity contribution in [3.63, 3.8) is 0 Å². The summed E-state index contributed by atoms with van der Waals surface area (Å²) in [6.07, 6.45) is 0. The summed E-state index contributed by atoms with van der Waals surface area (Å²) in [4.78, 5) is 23.1. The predicted molar refractivity (Wildman–Crippen MR) is 77.3 cm³/mol. The van der Waals surface area contributed by atoms with Gasteiger partial charge in [0.1, 0.15) is 6.04 Å². The van der Waals surface area contributed by atoms with Crippen LogP contribution in [0.15, 0.2) is 18.2 Å². The van der Waals surface area contributed by atoms with Gasteiger partial charge in [-0.15, -0.1) is 0 Å². The lowest BCUT2D eigenvalue weighted by Gasteiger charge is -2.17. The molecule has 6 N–H and O–H groups in total. The summed E-state index contributed by atoms with van der Waals surface area (Å²) >= 11 is 0. The Morgan fingerprint density at radius 1 is 1.40 bits per heavy atom. The summed E-state index contributed by atoms with van der Waals surface area (Å²) in [5.41, 5.74) is 12.0. The Morgan fingerprint density at radius 2 is 2.10 bits per heavy atom. The number of hydrogen-bond donors (Lipinski definition) is 4. The van der Waals surface area contributed by atoms with Crippen LogP contribution in [0.2, 0.25) is 0 Å². The number of anilines is 2. The van der Waals surface area contributed by atoms with Crippen molar-refractivity contribution in [3.05, 3.63) is 23.8 Å². The zero-order chi connectivity index (χ0) is 15.1. The van der Waals surface area contributed by atoms with Gasteiger partial charge in [-0.25, -0.2) is 0 Å². The molecule has 1 unspecified atom stereocenters. The molecule has 0 aliphatic rings. The van der Waals surface area contributed by atoms with E-state index in [9.17, 15) is 9.59 Å². The molecule has 1 aromatic rings. The maximum absolute atomic E-state index is 11.8. The second kappa shape index (κ2) is 7.34. The largest absolute Gasteiger partial charge is 0.399 e. The number of methoxy groups -OCH3 is 1. The minimum absolute atomic E-state index is 0.200.